The maximum absolute atomic E-state index is 11.3. The van der Waals surface area contributed by atoms with Gasteiger partial charge in [0.1, 0.15) is 5.88 Å². The Bertz CT molecular complexity index is 230. The van der Waals surface area contributed by atoms with E-state index in [1.165, 1.54) is 38.5 Å². The summed E-state index contributed by atoms with van der Waals surface area (Å²) < 4.78 is 0. The van der Waals surface area contributed by atoms with Gasteiger partial charge in [0.15, 0.2) is 0 Å². The van der Waals surface area contributed by atoms with Gasteiger partial charge in [0, 0.05) is 6.04 Å². The lowest BCUT2D eigenvalue weighted by molar-refractivity contribution is -0.120. The number of rotatable bonds is 2. The van der Waals surface area contributed by atoms with Gasteiger partial charge in [-0.1, -0.05) is 32.1 Å². The first-order valence-corrected chi connectivity index (χ1v) is 6.70. The molecular weight excluding hydrogens is 210 g/mol. The van der Waals surface area contributed by atoms with Gasteiger partial charge < -0.3 is 5.32 Å². The molecule has 0 aromatic carbocycles. The van der Waals surface area contributed by atoms with Crippen LogP contribution in [0.25, 0.3) is 0 Å². The predicted octanol–water partition coefficient (Wildman–Crippen LogP) is 2.70. The molecule has 0 bridgehead atoms. The molecule has 2 nitrogen and oxygen atoms in total. The Morgan fingerprint density at radius 3 is 2.67 bits per heavy atom. The summed E-state index contributed by atoms with van der Waals surface area (Å²) in [7, 11) is 0. The summed E-state index contributed by atoms with van der Waals surface area (Å²) in [5, 5.41) is 3.10. The molecule has 3 heteroatoms. The summed E-state index contributed by atoms with van der Waals surface area (Å²) in [6.45, 7) is 0. The Balaban J connectivity index is 1.94. The van der Waals surface area contributed by atoms with Gasteiger partial charge in [0.05, 0.1) is 0 Å². The minimum absolute atomic E-state index is 0.00731. The van der Waals surface area contributed by atoms with Gasteiger partial charge in [-0.2, -0.15) is 0 Å². The monoisotopic (exact) mass is 229 g/mol. The molecule has 3 atom stereocenters. The first kappa shape index (κ1) is 11.3. The third-order valence-electron chi connectivity index (χ3n) is 4.04. The molecule has 0 heterocycles. The zero-order valence-corrected chi connectivity index (χ0v) is 9.93. The van der Waals surface area contributed by atoms with Gasteiger partial charge >= 0.3 is 0 Å². The maximum atomic E-state index is 11.3. The summed E-state index contributed by atoms with van der Waals surface area (Å²) in [5.74, 6) is 1.72. The van der Waals surface area contributed by atoms with Crippen LogP contribution in [0.15, 0.2) is 0 Å². The topological polar surface area (TPSA) is 29.1 Å². The molecule has 86 valence electrons. The van der Waals surface area contributed by atoms with Crippen molar-refractivity contribution >= 4 is 17.5 Å². The highest BCUT2D eigenvalue weighted by atomic mass is 35.5. The van der Waals surface area contributed by atoms with Crippen molar-refractivity contribution in [3.05, 3.63) is 0 Å². The van der Waals surface area contributed by atoms with E-state index in [9.17, 15) is 4.79 Å². The molecule has 3 unspecified atom stereocenters. The highest BCUT2D eigenvalue weighted by molar-refractivity contribution is 6.27. The Morgan fingerprint density at radius 1 is 1.13 bits per heavy atom. The predicted molar refractivity (Wildman–Crippen MR) is 61.9 cm³/mol. The number of hydrogen-bond acceptors (Lipinski definition) is 1. The Hall–Kier alpha value is -0.240. The van der Waals surface area contributed by atoms with Crippen molar-refractivity contribution in [2.24, 2.45) is 11.8 Å². The summed E-state index contributed by atoms with van der Waals surface area (Å²) in [4.78, 5) is 11.3. The van der Waals surface area contributed by atoms with Gasteiger partial charge in [-0.3, -0.25) is 4.79 Å². The van der Waals surface area contributed by atoms with E-state index in [-0.39, 0.29) is 11.8 Å². The average molecular weight is 230 g/mol. The van der Waals surface area contributed by atoms with Crippen LogP contribution in [0.1, 0.15) is 44.9 Å². The van der Waals surface area contributed by atoms with E-state index in [4.69, 9.17) is 11.6 Å². The highest BCUT2D eigenvalue weighted by Gasteiger charge is 2.35. The van der Waals surface area contributed by atoms with Crippen molar-refractivity contribution < 1.29 is 4.79 Å². The zero-order valence-electron chi connectivity index (χ0n) is 9.18. The number of hydrogen-bond donors (Lipinski definition) is 1. The molecule has 2 aliphatic rings. The summed E-state index contributed by atoms with van der Waals surface area (Å²) >= 11 is 5.53. The fourth-order valence-corrected chi connectivity index (χ4v) is 3.44. The molecule has 2 saturated carbocycles. The average Bonchev–Trinajstić information content (AvgIpc) is 2.29. The van der Waals surface area contributed by atoms with Gasteiger partial charge in [-0.25, -0.2) is 0 Å². The molecule has 0 radical (unpaired) electrons. The number of nitrogens with one attached hydrogen (secondary N) is 1. The van der Waals surface area contributed by atoms with Crippen molar-refractivity contribution in [1.82, 2.24) is 5.32 Å². The first-order valence-electron chi connectivity index (χ1n) is 6.16. The second-order valence-corrected chi connectivity index (χ2v) is 5.21. The van der Waals surface area contributed by atoms with E-state index < -0.39 is 0 Å². The molecule has 1 N–H and O–H groups in total. The van der Waals surface area contributed by atoms with E-state index in [1.54, 1.807) is 0 Å². The number of halogens is 1. The van der Waals surface area contributed by atoms with Crippen molar-refractivity contribution in [2.75, 3.05) is 5.88 Å². The van der Waals surface area contributed by atoms with Crippen LogP contribution in [0.3, 0.4) is 0 Å². The van der Waals surface area contributed by atoms with E-state index >= 15 is 0 Å². The van der Waals surface area contributed by atoms with Crippen molar-refractivity contribution in [2.45, 2.75) is 51.0 Å². The molecule has 2 rings (SSSR count). The molecule has 15 heavy (non-hydrogen) atoms. The van der Waals surface area contributed by atoms with E-state index in [0.717, 1.165) is 18.3 Å². The van der Waals surface area contributed by atoms with E-state index in [0.29, 0.717) is 6.04 Å². The second-order valence-electron chi connectivity index (χ2n) is 4.95. The fourth-order valence-electron chi connectivity index (χ4n) is 3.36. The van der Waals surface area contributed by atoms with Crippen LogP contribution in [0.2, 0.25) is 0 Å². The standard InChI is InChI=1S/C12H20ClNO/c13-8-12(15)14-11-7-3-5-9-4-1-2-6-10(9)11/h9-11H,1-8H2,(H,14,15). The van der Waals surface area contributed by atoms with Crippen LogP contribution in [-0.4, -0.2) is 17.8 Å². The summed E-state index contributed by atoms with van der Waals surface area (Å²) in [6, 6.07) is 0.412. The minimum Gasteiger partial charge on any atom is -0.352 e. The molecule has 0 aliphatic heterocycles. The Labute approximate surface area is 96.8 Å². The number of alkyl halides is 1. The normalized spacial score (nSPS) is 35.7. The van der Waals surface area contributed by atoms with Crippen LogP contribution >= 0.6 is 11.6 Å². The maximum Gasteiger partial charge on any atom is 0.235 e. The molecule has 0 spiro atoms. The van der Waals surface area contributed by atoms with Gasteiger partial charge in [0.2, 0.25) is 5.91 Å². The zero-order chi connectivity index (χ0) is 10.7. The molecular formula is C12H20ClNO. The van der Waals surface area contributed by atoms with Crippen LogP contribution in [0, 0.1) is 11.8 Å². The van der Waals surface area contributed by atoms with Crippen LogP contribution < -0.4 is 5.32 Å². The lowest BCUT2D eigenvalue weighted by Gasteiger charge is -2.41. The molecule has 2 fully saturated rings. The third kappa shape index (κ3) is 2.66. The summed E-state index contributed by atoms with van der Waals surface area (Å²) in [6.07, 6.45) is 9.21. The lowest BCUT2D eigenvalue weighted by atomic mass is 9.68. The third-order valence-corrected chi connectivity index (χ3v) is 4.29. The summed E-state index contributed by atoms with van der Waals surface area (Å²) in [5.41, 5.74) is 0. The second kappa shape index (κ2) is 5.20. The van der Waals surface area contributed by atoms with Gasteiger partial charge in [-0.15, -0.1) is 11.6 Å². The molecule has 0 aromatic heterocycles. The van der Waals surface area contributed by atoms with Crippen molar-refractivity contribution in [3.8, 4) is 0 Å². The minimum atomic E-state index is 0.00731. The first-order chi connectivity index (χ1) is 7.31. The van der Waals surface area contributed by atoms with Gasteiger partial charge in [-0.05, 0) is 24.7 Å². The van der Waals surface area contributed by atoms with Crippen LogP contribution in [0.5, 0.6) is 0 Å². The van der Waals surface area contributed by atoms with Crippen LogP contribution in [0.4, 0.5) is 0 Å². The molecule has 1 amide bonds. The number of amides is 1. The van der Waals surface area contributed by atoms with E-state index in [2.05, 4.69) is 5.32 Å². The number of carbonyl (C=O) groups excluding carboxylic acids is 1. The van der Waals surface area contributed by atoms with Crippen molar-refractivity contribution in [1.29, 1.82) is 0 Å². The largest absolute Gasteiger partial charge is 0.352 e. The van der Waals surface area contributed by atoms with E-state index in [1.807, 2.05) is 0 Å². The highest BCUT2D eigenvalue weighted by Crippen LogP contribution is 2.40. The SMILES string of the molecule is O=C(CCl)NC1CCCC2CCCCC21. The molecule has 0 aromatic rings. The number of carbonyl (C=O) groups is 1. The smallest absolute Gasteiger partial charge is 0.235 e. The van der Waals surface area contributed by atoms with Crippen molar-refractivity contribution in [3.63, 3.8) is 0 Å². The Kier molecular flexibility index (Phi) is 3.90. The molecule has 2 aliphatic carbocycles. The molecule has 0 saturated heterocycles. The number of fused-ring (bicyclic) bond motifs is 1. The Morgan fingerprint density at radius 2 is 1.87 bits per heavy atom. The lowest BCUT2D eigenvalue weighted by Crippen LogP contribution is -2.46. The van der Waals surface area contributed by atoms with Gasteiger partial charge in [0.25, 0.3) is 0 Å². The quantitative estimate of drug-likeness (QED) is 0.725. The fraction of sp³-hybridized carbons (Fsp3) is 0.917. The van der Waals surface area contributed by atoms with Crippen LogP contribution in [-0.2, 0) is 4.79 Å².